The van der Waals surface area contributed by atoms with E-state index in [1.807, 2.05) is 13.8 Å². The zero-order valence-corrected chi connectivity index (χ0v) is 16.0. The zero-order chi connectivity index (χ0) is 17.8. The SMILES string of the molecule is CC(C)c1c(O)nc(SCCN(N2CCCC2)N2CCCC2)[nH]c1=O. The van der Waals surface area contributed by atoms with Crippen molar-refractivity contribution in [3.8, 4) is 5.88 Å². The van der Waals surface area contributed by atoms with Crippen LogP contribution in [-0.4, -0.2) is 68.7 Å². The van der Waals surface area contributed by atoms with Crippen LogP contribution < -0.4 is 5.56 Å². The van der Waals surface area contributed by atoms with Crippen molar-refractivity contribution in [2.24, 2.45) is 0 Å². The van der Waals surface area contributed by atoms with Crippen LogP contribution >= 0.6 is 11.8 Å². The molecule has 0 aliphatic carbocycles. The first kappa shape index (κ1) is 18.7. The summed E-state index contributed by atoms with van der Waals surface area (Å²) in [5.74, 6) is 0.629. The molecule has 1 aromatic heterocycles. The molecule has 2 aliphatic rings. The number of H-pyrrole nitrogens is 1. The van der Waals surface area contributed by atoms with Gasteiger partial charge in [-0.15, -0.1) is 0 Å². The fourth-order valence-electron chi connectivity index (χ4n) is 3.59. The van der Waals surface area contributed by atoms with Crippen molar-refractivity contribution in [1.82, 2.24) is 25.1 Å². The summed E-state index contributed by atoms with van der Waals surface area (Å²) < 4.78 is 0. The summed E-state index contributed by atoms with van der Waals surface area (Å²) in [4.78, 5) is 19.1. The van der Waals surface area contributed by atoms with Crippen LogP contribution in [0.3, 0.4) is 0 Å². The van der Waals surface area contributed by atoms with Crippen molar-refractivity contribution in [3.63, 3.8) is 0 Å². The third kappa shape index (κ3) is 4.55. The van der Waals surface area contributed by atoms with E-state index in [9.17, 15) is 9.90 Å². The lowest BCUT2D eigenvalue weighted by Gasteiger charge is -2.38. The number of aromatic amines is 1. The molecular weight excluding hydrogens is 338 g/mol. The Morgan fingerprint density at radius 2 is 1.72 bits per heavy atom. The van der Waals surface area contributed by atoms with Crippen LogP contribution in [0, 0.1) is 0 Å². The summed E-state index contributed by atoms with van der Waals surface area (Å²) in [6.07, 6.45) is 5.04. The first-order chi connectivity index (χ1) is 12.1. The van der Waals surface area contributed by atoms with Gasteiger partial charge >= 0.3 is 0 Å². The van der Waals surface area contributed by atoms with Crippen LogP contribution in [0.2, 0.25) is 0 Å². The van der Waals surface area contributed by atoms with Gasteiger partial charge in [0.2, 0.25) is 5.88 Å². The molecule has 140 valence electrons. The summed E-state index contributed by atoms with van der Waals surface area (Å²) in [6, 6.07) is 0. The molecule has 0 atom stereocenters. The van der Waals surface area contributed by atoms with Crippen molar-refractivity contribution >= 4 is 11.8 Å². The number of nitrogens with one attached hydrogen (secondary N) is 1. The third-order valence-corrected chi connectivity index (χ3v) is 5.69. The summed E-state index contributed by atoms with van der Waals surface area (Å²) in [7, 11) is 0. The number of hydrogen-bond donors (Lipinski definition) is 2. The molecule has 2 fully saturated rings. The minimum atomic E-state index is -0.235. The Bertz CT molecular complexity index is 608. The number of thioether (sulfide) groups is 1. The molecule has 2 aliphatic heterocycles. The van der Waals surface area contributed by atoms with Gasteiger partial charge in [-0.1, -0.05) is 25.6 Å². The van der Waals surface area contributed by atoms with E-state index in [-0.39, 0.29) is 17.4 Å². The van der Waals surface area contributed by atoms with Crippen molar-refractivity contribution < 1.29 is 5.11 Å². The molecule has 1 aromatic rings. The van der Waals surface area contributed by atoms with Crippen molar-refractivity contribution in [1.29, 1.82) is 0 Å². The second kappa shape index (κ2) is 8.53. The highest BCUT2D eigenvalue weighted by Crippen LogP contribution is 2.23. The molecule has 8 heteroatoms. The number of hydrogen-bond acceptors (Lipinski definition) is 7. The van der Waals surface area contributed by atoms with E-state index in [4.69, 9.17) is 0 Å². The molecule has 0 amide bonds. The number of hydrazine groups is 2. The highest BCUT2D eigenvalue weighted by molar-refractivity contribution is 7.99. The van der Waals surface area contributed by atoms with E-state index in [1.54, 1.807) is 0 Å². The van der Waals surface area contributed by atoms with Crippen molar-refractivity contribution in [2.45, 2.75) is 50.6 Å². The van der Waals surface area contributed by atoms with Crippen LogP contribution in [0.15, 0.2) is 9.95 Å². The molecule has 3 heterocycles. The lowest BCUT2D eigenvalue weighted by Crippen LogP contribution is -2.52. The second-order valence-electron chi connectivity index (χ2n) is 7.03. The highest BCUT2D eigenvalue weighted by atomic mass is 32.2. The molecule has 2 saturated heterocycles. The summed E-state index contributed by atoms with van der Waals surface area (Å²) in [5, 5.41) is 17.8. The van der Waals surface area contributed by atoms with E-state index >= 15 is 0 Å². The van der Waals surface area contributed by atoms with Crippen LogP contribution in [-0.2, 0) is 0 Å². The Kier molecular flexibility index (Phi) is 6.38. The monoisotopic (exact) mass is 367 g/mol. The average Bonchev–Trinajstić information content (AvgIpc) is 3.24. The van der Waals surface area contributed by atoms with Gasteiger partial charge in [0.05, 0.1) is 5.56 Å². The van der Waals surface area contributed by atoms with Gasteiger partial charge in [0.1, 0.15) is 0 Å². The molecule has 0 radical (unpaired) electrons. The van der Waals surface area contributed by atoms with Crippen LogP contribution in [0.25, 0.3) is 0 Å². The van der Waals surface area contributed by atoms with Gasteiger partial charge in [-0.25, -0.2) is 10.0 Å². The van der Waals surface area contributed by atoms with Gasteiger partial charge in [-0.05, 0) is 31.6 Å². The highest BCUT2D eigenvalue weighted by Gasteiger charge is 2.27. The summed E-state index contributed by atoms with van der Waals surface area (Å²) >= 11 is 1.49. The molecule has 25 heavy (non-hydrogen) atoms. The van der Waals surface area contributed by atoms with E-state index in [2.05, 4.69) is 25.1 Å². The number of aromatic nitrogens is 2. The number of nitrogens with zero attached hydrogens (tertiary/aromatic N) is 4. The summed E-state index contributed by atoms with van der Waals surface area (Å²) in [5.41, 5.74) is 0.126. The molecule has 2 N–H and O–H groups in total. The van der Waals surface area contributed by atoms with Crippen LogP contribution in [0.4, 0.5) is 0 Å². The molecular formula is C17H29N5O2S. The third-order valence-electron chi connectivity index (χ3n) is 4.84. The smallest absolute Gasteiger partial charge is 0.258 e. The molecule has 0 saturated carbocycles. The second-order valence-corrected chi connectivity index (χ2v) is 8.11. The van der Waals surface area contributed by atoms with E-state index < -0.39 is 0 Å². The molecule has 0 aromatic carbocycles. The minimum absolute atomic E-state index is 0.0453. The van der Waals surface area contributed by atoms with E-state index in [0.29, 0.717) is 10.7 Å². The first-order valence-corrected chi connectivity index (χ1v) is 10.3. The van der Waals surface area contributed by atoms with Crippen LogP contribution in [0.1, 0.15) is 51.0 Å². The van der Waals surface area contributed by atoms with Crippen molar-refractivity contribution in [3.05, 3.63) is 15.9 Å². The fourth-order valence-corrected chi connectivity index (χ4v) is 4.35. The number of rotatable bonds is 7. The molecule has 0 spiro atoms. The van der Waals surface area contributed by atoms with Gasteiger partial charge in [0.25, 0.3) is 5.56 Å². The van der Waals surface area contributed by atoms with Gasteiger partial charge < -0.3 is 10.1 Å². The van der Waals surface area contributed by atoms with Crippen LogP contribution in [0.5, 0.6) is 5.88 Å². The summed E-state index contributed by atoms with van der Waals surface area (Å²) in [6.45, 7) is 9.15. The van der Waals surface area contributed by atoms with Gasteiger partial charge in [0, 0.05) is 38.5 Å². The molecule has 7 nitrogen and oxygen atoms in total. The van der Waals surface area contributed by atoms with Crippen molar-refractivity contribution in [2.75, 3.05) is 38.5 Å². The maximum absolute atomic E-state index is 12.1. The Hall–Kier alpha value is -1.09. The largest absolute Gasteiger partial charge is 0.493 e. The lowest BCUT2D eigenvalue weighted by atomic mass is 10.1. The predicted octanol–water partition coefficient (Wildman–Crippen LogP) is 2.01. The standard InChI is InChI=1S/C17H29N5O2S/c1-13(2)14-15(23)18-17(19-16(14)24)25-12-11-22(20-7-3-4-8-20)21-9-5-6-10-21/h13H,3-12H2,1-2H3,(H2,18,19,23,24). The van der Waals surface area contributed by atoms with Gasteiger partial charge in [0.15, 0.2) is 5.16 Å². The quantitative estimate of drug-likeness (QED) is 0.564. The Morgan fingerprint density at radius 1 is 1.16 bits per heavy atom. The predicted molar refractivity (Wildman–Crippen MR) is 99.7 cm³/mol. The topological polar surface area (TPSA) is 75.7 Å². The average molecular weight is 368 g/mol. The normalized spacial score (nSPS) is 19.5. The fraction of sp³-hybridized carbons (Fsp3) is 0.765. The van der Waals surface area contributed by atoms with Gasteiger partial charge in [-0.3, -0.25) is 4.79 Å². The Labute approximate surface area is 153 Å². The van der Waals surface area contributed by atoms with Gasteiger partial charge in [-0.2, -0.15) is 10.1 Å². The Morgan fingerprint density at radius 3 is 2.20 bits per heavy atom. The maximum atomic E-state index is 12.1. The first-order valence-electron chi connectivity index (χ1n) is 9.29. The lowest BCUT2D eigenvalue weighted by molar-refractivity contribution is -0.160. The molecule has 3 rings (SSSR count). The molecule has 0 bridgehead atoms. The molecule has 0 unspecified atom stereocenters. The Balaban J connectivity index is 1.61. The zero-order valence-electron chi connectivity index (χ0n) is 15.2. The van der Waals surface area contributed by atoms with E-state index in [0.717, 1.165) is 38.5 Å². The number of aromatic hydroxyl groups is 1. The minimum Gasteiger partial charge on any atom is -0.493 e. The van der Waals surface area contributed by atoms with E-state index in [1.165, 1.54) is 37.4 Å². The maximum Gasteiger partial charge on any atom is 0.258 e.